The number of aromatic nitrogens is 3. The first-order valence-electron chi connectivity index (χ1n) is 7.01. The average Bonchev–Trinajstić information content (AvgIpc) is 2.97. The molecule has 8 heteroatoms. The summed E-state index contributed by atoms with van der Waals surface area (Å²) in [6, 6.07) is 4.41. The fourth-order valence-corrected chi connectivity index (χ4v) is 2.48. The van der Waals surface area contributed by atoms with Crippen LogP contribution in [0.4, 0.5) is 0 Å². The van der Waals surface area contributed by atoms with Crippen molar-refractivity contribution in [2.45, 2.75) is 25.4 Å². The Balaban J connectivity index is 2.27. The third kappa shape index (κ3) is 4.49. The van der Waals surface area contributed by atoms with Gasteiger partial charge in [-0.3, -0.25) is 5.10 Å². The maximum Gasteiger partial charge on any atom is 0.342 e. The van der Waals surface area contributed by atoms with E-state index in [1.54, 1.807) is 13.0 Å². The second-order valence-electron chi connectivity index (χ2n) is 4.47. The molecule has 23 heavy (non-hydrogen) atoms. The molecule has 0 spiro atoms. The van der Waals surface area contributed by atoms with Crippen LogP contribution in [0.2, 0.25) is 0 Å². The summed E-state index contributed by atoms with van der Waals surface area (Å²) in [5, 5.41) is 28.0. The van der Waals surface area contributed by atoms with E-state index in [0.717, 1.165) is 11.8 Å². The number of hydrogen-bond donors (Lipinski definition) is 2. The van der Waals surface area contributed by atoms with E-state index < -0.39 is 5.97 Å². The van der Waals surface area contributed by atoms with Gasteiger partial charge in [0, 0.05) is 6.42 Å². The van der Waals surface area contributed by atoms with Crippen molar-refractivity contribution < 1.29 is 19.7 Å². The molecular weight excluding hydrogens is 318 g/mol. The second-order valence-corrected chi connectivity index (χ2v) is 5.48. The Morgan fingerprint density at radius 3 is 2.87 bits per heavy atom. The maximum atomic E-state index is 11.6. The summed E-state index contributed by atoms with van der Waals surface area (Å²) in [7, 11) is 0. The lowest BCUT2D eigenvalue weighted by Crippen LogP contribution is -2.00. The highest BCUT2D eigenvalue weighted by Crippen LogP contribution is 2.29. The molecule has 122 valence electrons. The minimum absolute atomic E-state index is 0.0488. The van der Waals surface area contributed by atoms with Gasteiger partial charge >= 0.3 is 5.97 Å². The van der Waals surface area contributed by atoms with Crippen LogP contribution in [0.15, 0.2) is 28.3 Å². The molecule has 2 aromatic rings. The van der Waals surface area contributed by atoms with E-state index in [-0.39, 0.29) is 16.4 Å². The summed E-state index contributed by atoms with van der Waals surface area (Å²) in [6.07, 6.45) is 2.14. The quantitative estimate of drug-likeness (QED) is 0.589. The van der Waals surface area contributed by atoms with Crippen molar-refractivity contribution in [1.29, 1.82) is 0 Å². The van der Waals surface area contributed by atoms with E-state index in [9.17, 15) is 15.0 Å². The molecule has 0 aliphatic heterocycles. The first kappa shape index (κ1) is 16.9. The van der Waals surface area contributed by atoms with E-state index >= 15 is 0 Å². The van der Waals surface area contributed by atoms with Crippen LogP contribution in [0, 0.1) is 0 Å². The van der Waals surface area contributed by atoms with Crippen molar-refractivity contribution in [3.63, 3.8) is 0 Å². The van der Waals surface area contributed by atoms with E-state index in [1.165, 1.54) is 18.2 Å². The number of carboxylic acid groups (broad SMARTS) is 1. The fourth-order valence-electron chi connectivity index (χ4n) is 1.75. The zero-order chi connectivity index (χ0) is 16.8. The molecule has 0 unspecified atom stereocenters. The number of thioether (sulfide) groups is 1. The van der Waals surface area contributed by atoms with Gasteiger partial charge in [0.1, 0.15) is 16.5 Å². The lowest BCUT2D eigenvalue weighted by atomic mass is 10.2. The molecule has 0 bridgehead atoms. The summed E-state index contributed by atoms with van der Waals surface area (Å²) in [6.45, 7) is 4.05. The monoisotopic (exact) mass is 334 g/mol. The lowest BCUT2D eigenvalue weighted by molar-refractivity contribution is -0.270. The summed E-state index contributed by atoms with van der Waals surface area (Å²) in [4.78, 5) is 15.6. The normalized spacial score (nSPS) is 11.5. The minimum Gasteiger partial charge on any atom is -0.870 e. The Morgan fingerprint density at radius 2 is 2.26 bits per heavy atom. The highest BCUT2D eigenvalue weighted by atomic mass is 32.2. The largest absolute Gasteiger partial charge is 0.870 e. The third-order valence-electron chi connectivity index (χ3n) is 2.82. The number of aromatic amines is 1. The zero-order valence-electron chi connectivity index (χ0n) is 12.7. The van der Waals surface area contributed by atoms with E-state index in [4.69, 9.17) is 4.74 Å². The summed E-state index contributed by atoms with van der Waals surface area (Å²) >= 11 is 0.940. The van der Waals surface area contributed by atoms with Crippen molar-refractivity contribution in [3.05, 3.63) is 34.5 Å². The molecule has 0 fully saturated rings. The van der Waals surface area contributed by atoms with Crippen molar-refractivity contribution in [2.75, 3.05) is 6.61 Å². The number of carboxylic acids is 1. The van der Waals surface area contributed by atoms with E-state index in [1.807, 2.05) is 6.92 Å². The topological polar surface area (TPSA) is 111 Å². The van der Waals surface area contributed by atoms with Gasteiger partial charge < -0.3 is 14.9 Å². The number of carbonyl (C=O) groups is 1. The van der Waals surface area contributed by atoms with Crippen molar-refractivity contribution in [2.24, 2.45) is 0 Å². The smallest absolute Gasteiger partial charge is 0.342 e. The van der Waals surface area contributed by atoms with Gasteiger partial charge in [0.15, 0.2) is 0 Å². The molecule has 2 rings (SSSR count). The van der Waals surface area contributed by atoms with Gasteiger partial charge in [-0.15, -0.1) is 5.10 Å². The fraction of sp³-hybridized carbons (Fsp3) is 0.267. The SMILES string of the molecule is CCOc1cc(/C=C(\Sc2n[nH]c(CC)n2)C(=O)O)ccc1[O-]. The van der Waals surface area contributed by atoms with Crippen molar-refractivity contribution >= 4 is 23.8 Å². The number of rotatable bonds is 7. The number of hydrogen-bond acceptors (Lipinski definition) is 6. The van der Waals surface area contributed by atoms with Crippen LogP contribution in [0.25, 0.3) is 6.08 Å². The summed E-state index contributed by atoms with van der Waals surface area (Å²) in [5.74, 6) is -0.453. The highest BCUT2D eigenvalue weighted by Gasteiger charge is 2.13. The Kier molecular flexibility index (Phi) is 5.64. The van der Waals surface area contributed by atoms with Crippen LogP contribution in [0.5, 0.6) is 11.5 Å². The average molecular weight is 334 g/mol. The molecule has 0 saturated heterocycles. The second kappa shape index (κ2) is 7.68. The zero-order valence-corrected chi connectivity index (χ0v) is 13.5. The van der Waals surface area contributed by atoms with Crippen LogP contribution in [0.1, 0.15) is 25.2 Å². The molecule has 0 amide bonds. The van der Waals surface area contributed by atoms with Gasteiger partial charge in [0.25, 0.3) is 0 Å². The molecule has 7 nitrogen and oxygen atoms in total. The molecule has 0 saturated carbocycles. The first-order chi connectivity index (χ1) is 11.0. The number of aryl methyl sites for hydroxylation is 1. The number of aliphatic carboxylic acids is 1. The van der Waals surface area contributed by atoms with Gasteiger partial charge in [-0.25, -0.2) is 9.78 Å². The predicted molar refractivity (Wildman–Crippen MR) is 84.3 cm³/mol. The van der Waals surface area contributed by atoms with Gasteiger partial charge in [-0.1, -0.05) is 24.8 Å². The minimum atomic E-state index is -1.10. The molecular formula is C15H16N3O4S-. The van der Waals surface area contributed by atoms with Crippen molar-refractivity contribution in [1.82, 2.24) is 15.2 Å². The van der Waals surface area contributed by atoms with Crippen LogP contribution in [0.3, 0.4) is 0 Å². The Morgan fingerprint density at radius 1 is 1.48 bits per heavy atom. The number of nitrogens with zero attached hydrogens (tertiary/aromatic N) is 2. The number of ether oxygens (including phenoxy) is 1. The Labute approximate surface area is 137 Å². The highest BCUT2D eigenvalue weighted by molar-refractivity contribution is 8.04. The molecule has 0 radical (unpaired) electrons. The molecule has 2 N–H and O–H groups in total. The van der Waals surface area contributed by atoms with Crippen LogP contribution < -0.4 is 9.84 Å². The summed E-state index contributed by atoms with van der Waals surface area (Å²) < 4.78 is 5.23. The van der Waals surface area contributed by atoms with Gasteiger partial charge in [-0.05, 0) is 36.4 Å². The molecule has 1 heterocycles. The van der Waals surface area contributed by atoms with Crippen molar-refractivity contribution in [3.8, 4) is 11.5 Å². The number of benzene rings is 1. The molecule has 0 aliphatic rings. The molecule has 1 aromatic carbocycles. The Bertz CT molecular complexity index is 727. The van der Waals surface area contributed by atoms with Gasteiger partial charge in [0.2, 0.25) is 5.16 Å². The third-order valence-corrected chi connectivity index (χ3v) is 3.70. The predicted octanol–water partition coefficient (Wildman–Crippen LogP) is 2.06. The molecule has 0 atom stereocenters. The molecule has 0 aliphatic carbocycles. The molecule has 1 aromatic heterocycles. The Hall–Kier alpha value is -2.48. The summed E-state index contributed by atoms with van der Waals surface area (Å²) in [5.41, 5.74) is 0.559. The van der Waals surface area contributed by atoms with E-state index in [2.05, 4.69) is 15.2 Å². The van der Waals surface area contributed by atoms with Crippen LogP contribution >= 0.6 is 11.8 Å². The number of nitrogens with one attached hydrogen (secondary N) is 1. The van der Waals surface area contributed by atoms with Crippen LogP contribution in [-0.2, 0) is 11.2 Å². The lowest BCUT2D eigenvalue weighted by Gasteiger charge is -2.14. The van der Waals surface area contributed by atoms with Crippen LogP contribution in [-0.4, -0.2) is 32.9 Å². The maximum absolute atomic E-state index is 11.6. The van der Waals surface area contributed by atoms with E-state index in [0.29, 0.717) is 29.6 Å². The number of H-pyrrole nitrogens is 1. The standard InChI is InChI=1S/C15H17N3O4S/c1-3-13-16-15(18-17-13)23-12(14(20)21)8-9-5-6-10(19)11(7-9)22-4-2/h5-8,19H,3-4H2,1-2H3,(H,20,21)(H,16,17,18)/p-1/b12-8-. The first-order valence-corrected chi connectivity index (χ1v) is 7.83. The van der Waals surface area contributed by atoms with Gasteiger partial charge in [-0.2, -0.15) is 0 Å². The van der Waals surface area contributed by atoms with Gasteiger partial charge in [0.05, 0.1) is 6.61 Å².